The van der Waals surface area contributed by atoms with E-state index in [-0.39, 0.29) is 17.4 Å². The van der Waals surface area contributed by atoms with Gasteiger partial charge in [-0.3, -0.25) is 14.4 Å². The molecule has 1 amide bonds. The first-order chi connectivity index (χ1) is 20.4. The minimum absolute atomic E-state index is 0.0785. The zero-order valence-corrected chi connectivity index (χ0v) is 27.0. The Balaban J connectivity index is 0.000000307. The number of ether oxygens (including phenoxy) is 1. The van der Waals surface area contributed by atoms with Gasteiger partial charge in [0, 0.05) is 23.4 Å². The normalized spacial score (nSPS) is 16.5. The number of methoxy groups -OCH3 is 1. The summed E-state index contributed by atoms with van der Waals surface area (Å²) in [5.41, 5.74) is 1.50. The third-order valence-electron chi connectivity index (χ3n) is 7.83. The Morgan fingerprint density at radius 2 is 1.55 bits per heavy atom. The molecular weight excluding hydrogens is 616 g/mol. The molecule has 42 heavy (non-hydrogen) atoms. The Bertz CT molecular complexity index is 1100. The summed E-state index contributed by atoms with van der Waals surface area (Å²) < 4.78 is 5.82. The molecule has 1 atom stereocenters. The minimum atomic E-state index is -1.09. The molecule has 0 heterocycles. The van der Waals surface area contributed by atoms with Crippen LogP contribution in [0.1, 0.15) is 80.1 Å². The number of aliphatic carboxylic acids is 1. The van der Waals surface area contributed by atoms with E-state index in [9.17, 15) is 14.4 Å². The predicted molar refractivity (Wildman–Crippen MR) is 174 cm³/mol. The lowest BCUT2D eigenvalue weighted by Gasteiger charge is -2.30. The summed E-state index contributed by atoms with van der Waals surface area (Å²) >= 11 is 4.74. The molecule has 0 bridgehead atoms. The van der Waals surface area contributed by atoms with Crippen molar-refractivity contribution in [1.29, 1.82) is 0 Å². The molecule has 2 aliphatic rings. The monoisotopic (exact) mass is 660 g/mol. The molecule has 0 radical (unpaired) electrons. The average molecular weight is 662 g/mol. The number of amides is 1. The topological polar surface area (TPSA) is 105 Å². The highest BCUT2D eigenvalue weighted by Gasteiger charge is 2.22. The van der Waals surface area contributed by atoms with Crippen LogP contribution >= 0.6 is 27.7 Å². The molecule has 7 nitrogen and oxygen atoms in total. The van der Waals surface area contributed by atoms with Gasteiger partial charge in [0.15, 0.2) is 5.78 Å². The number of thioether (sulfide) groups is 1. The van der Waals surface area contributed by atoms with Crippen LogP contribution in [-0.4, -0.2) is 60.0 Å². The summed E-state index contributed by atoms with van der Waals surface area (Å²) in [5, 5.41) is 15.1. The van der Waals surface area contributed by atoms with Gasteiger partial charge in [0.25, 0.3) is 0 Å². The quantitative estimate of drug-likeness (QED) is 0.206. The van der Waals surface area contributed by atoms with Crippen LogP contribution in [0, 0.1) is 5.92 Å². The third kappa shape index (κ3) is 12.1. The van der Waals surface area contributed by atoms with E-state index in [1.165, 1.54) is 83.1 Å². The number of rotatable bonds is 13. The maximum atomic E-state index is 12.6. The van der Waals surface area contributed by atoms with E-state index in [1.807, 2.05) is 30.3 Å². The SMILES string of the molecule is C1CCC(NC2CCCCC2)CC1.COc1cccc(C(=O)CSCC(Cc2ccccc2)C(=O)NCC(=O)O)c1Br. The van der Waals surface area contributed by atoms with Crippen LogP contribution in [-0.2, 0) is 16.0 Å². The molecule has 2 saturated carbocycles. The number of ketones is 1. The molecule has 3 N–H and O–H groups in total. The van der Waals surface area contributed by atoms with Gasteiger partial charge in [-0.05, 0) is 65.7 Å². The molecule has 0 spiro atoms. The van der Waals surface area contributed by atoms with Crippen molar-refractivity contribution in [1.82, 2.24) is 10.6 Å². The highest BCUT2D eigenvalue weighted by Crippen LogP contribution is 2.29. The second kappa shape index (κ2) is 19.0. The molecule has 0 aromatic heterocycles. The Morgan fingerprint density at radius 3 is 2.12 bits per heavy atom. The number of Topliss-reactive ketones (excluding diaryl/α,β-unsaturated/α-hetero) is 1. The minimum Gasteiger partial charge on any atom is -0.496 e. The van der Waals surface area contributed by atoms with Gasteiger partial charge < -0.3 is 20.5 Å². The number of nitrogens with one attached hydrogen (secondary N) is 2. The Morgan fingerprint density at radius 1 is 0.929 bits per heavy atom. The van der Waals surface area contributed by atoms with Crippen LogP contribution in [0.15, 0.2) is 53.0 Å². The first-order valence-corrected chi connectivity index (χ1v) is 17.0. The van der Waals surface area contributed by atoms with Crippen molar-refractivity contribution in [3.8, 4) is 5.75 Å². The van der Waals surface area contributed by atoms with E-state index in [0.717, 1.165) is 17.6 Å². The molecule has 230 valence electrons. The number of carboxylic acid groups (broad SMARTS) is 1. The van der Waals surface area contributed by atoms with E-state index in [4.69, 9.17) is 9.84 Å². The first-order valence-electron chi connectivity index (χ1n) is 15.1. The smallest absolute Gasteiger partial charge is 0.322 e. The molecule has 2 aromatic rings. The van der Waals surface area contributed by atoms with Crippen LogP contribution in [0.25, 0.3) is 0 Å². The van der Waals surface area contributed by atoms with E-state index < -0.39 is 18.4 Å². The van der Waals surface area contributed by atoms with E-state index in [2.05, 4.69) is 26.6 Å². The van der Waals surface area contributed by atoms with Gasteiger partial charge in [-0.15, -0.1) is 0 Å². The van der Waals surface area contributed by atoms with Crippen LogP contribution in [0.5, 0.6) is 5.75 Å². The average Bonchev–Trinajstić information content (AvgIpc) is 3.01. The number of hydrogen-bond donors (Lipinski definition) is 3. The van der Waals surface area contributed by atoms with Crippen LogP contribution in [0.2, 0.25) is 0 Å². The lowest BCUT2D eigenvalue weighted by Crippen LogP contribution is -2.40. The fraction of sp³-hybridized carbons (Fsp3) is 0.545. The van der Waals surface area contributed by atoms with Crippen molar-refractivity contribution >= 4 is 45.4 Å². The Labute approximate surface area is 263 Å². The number of hydrogen-bond acceptors (Lipinski definition) is 6. The summed E-state index contributed by atoms with van der Waals surface area (Å²) in [6, 6.07) is 16.5. The molecule has 4 rings (SSSR count). The van der Waals surface area contributed by atoms with Gasteiger partial charge in [0.05, 0.1) is 23.3 Å². The van der Waals surface area contributed by atoms with E-state index in [1.54, 1.807) is 18.2 Å². The standard InChI is InChI=1S/C21H22BrNO5S.C12H23N/c1-28-18-9-5-8-16(20(18)22)17(24)13-29-12-15(21(27)23-11-19(25)26)10-14-6-3-2-4-7-14;1-3-7-11(8-4-1)13-12-9-5-2-6-10-12/h2-9,15H,10-13H2,1H3,(H,23,27)(H,25,26);11-13H,1-10H2. The predicted octanol–water partition coefficient (Wildman–Crippen LogP) is 6.67. The lowest BCUT2D eigenvalue weighted by molar-refractivity contribution is -0.138. The summed E-state index contributed by atoms with van der Waals surface area (Å²) in [6.45, 7) is -0.426. The zero-order chi connectivity index (χ0) is 30.2. The maximum absolute atomic E-state index is 12.6. The zero-order valence-electron chi connectivity index (χ0n) is 24.6. The van der Waals surface area contributed by atoms with Crippen LogP contribution in [0.3, 0.4) is 0 Å². The molecule has 9 heteroatoms. The van der Waals surface area contributed by atoms with Gasteiger partial charge in [0.1, 0.15) is 12.3 Å². The Kier molecular flexibility index (Phi) is 15.5. The van der Waals surface area contributed by atoms with Gasteiger partial charge >= 0.3 is 5.97 Å². The number of carboxylic acids is 1. The number of benzene rings is 2. The first kappa shape index (κ1) is 34.1. The van der Waals surface area contributed by atoms with Gasteiger partial charge in [0.2, 0.25) is 5.91 Å². The van der Waals surface area contributed by atoms with E-state index in [0.29, 0.717) is 28.0 Å². The van der Waals surface area contributed by atoms with Crippen LogP contribution < -0.4 is 15.4 Å². The second-order valence-corrected chi connectivity index (χ2v) is 12.9. The van der Waals surface area contributed by atoms with Crippen LogP contribution in [0.4, 0.5) is 0 Å². The van der Waals surface area contributed by atoms with Crippen molar-refractivity contribution < 1.29 is 24.2 Å². The Hall–Kier alpha value is -2.36. The maximum Gasteiger partial charge on any atom is 0.322 e. The van der Waals surface area contributed by atoms with Gasteiger partial charge in [-0.25, -0.2) is 0 Å². The molecular formula is C33H45BrN2O5S. The van der Waals surface area contributed by atoms with Crippen molar-refractivity contribution in [2.45, 2.75) is 82.7 Å². The molecule has 2 fully saturated rings. The molecule has 1 unspecified atom stereocenters. The number of halogens is 1. The lowest BCUT2D eigenvalue weighted by atomic mass is 9.91. The summed E-state index contributed by atoms with van der Waals surface area (Å²) in [6.07, 6.45) is 15.0. The second-order valence-electron chi connectivity index (χ2n) is 11.1. The summed E-state index contributed by atoms with van der Waals surface area (Å²) in [5.74, 6) is -0.776. The molecule has 2 aromatic carbocycles. The van der Waals surface area contributed by atoms with Gasteiger partial charge in [-0.1, -0.05) is 74.9 Å². The van der Waals surface area contributed by atoms with Crippen molar-refractivity contribution in [3.05, 3.63) is 64.1 Å². The summed E-state index contributed by atoms with van der Waals surface area (Å²) in [4.78, 5) is 35.8. The molecule has 0 aliphatic heterocycles. The van der Waals surface area contributed by atoms with Gasteiger partial charge in [-0.2, -0.15) is 11.8 Å². The highest BCUT2D eigenvalue weighted by atomic mass is 79.9. The number of carbonyl (C=O) groups excluding carboxylic acids is 2. The fourth-order valence-corrected chi connectivity index (χ4v) is 7.22. The largest absolute Gasteiger partial charge is 0.496 e. The molecule has 0 saturated heterocycles. The number of carbonyl (C=O) groups is 3. The third-order valence-corrected chi connectivity index (χ3v) is 9.75. The van der Waals surface area contributed by atoms with Crippen molar-refractivity contribution in [3.63, 3.8) is 0 Å². The fourth-order valence-electron chi connectivity index (χ4n) is 5.56. The highest BCUT2D eigenvalue weighted by molar-refractivity contribution is 9.10. The molecule has 2 aliphatic carbocycles. The summed E-state index contributed by atoms with van der Waals surface area (Å²) in [7, 11) is 1.53. The van der Waals surface area contributed by atoms with E-state index >= 15 is 0 Å². The van der Waals surface area contributed by atoms with Crippen molar-refractivity contribution in [2.24, 2.45) is 5.92 Å². The van der Waals surface area contributed by atoms with Crippen molar-refractivity contribution in [2.75, 3.05) is 25.2 Å².